The highest BCUT2D eigenvalue weighted by atomic mass is 15.0. The zero-order valence-electron chi connectivity index (χ0n) is 22.6. The van der Waals surface area contributed by atoms with Gasteiger partial charge in [0.2, 0.25) is 0 Å². The van der Waals surface area contributed by atoms with Gasteiger partial charge in [0.1, 0.15) is 0 Å². The monoisotopic (exact) mass is 536 g/mol. The quantitative estimate of drug-likeness (QED) is 0.166. The highest BCUT2D eigenvalue weighted by Gasteiger charge is 2.19. The minimum atomic E-state index is 0.625. The molecule has 0 aliphatic heterocycles. The van der Waals surface area contributed by atoms with E-state index in [1.54, 1.807) is 6.20 Å². The molecular weight excluding hydrogens is 512 g/mol. The van der Waals surface area contributed by atoms with E-state index >= 15 is 0 Å². The number of benzene rings is 6. The first kappa shape index (κ1) is 24.1. The first-order chi connectivity index (χ1) is 20.8. The fourth-order valence-corrected chi connectivity index (χ4v) is 5.84. The summed E-state index contributed by atoms with van der Waals surface area (Å²) in [7, 11) is 0. The van der Waals surface area contributed by atoms with Gasteiger partial charge in [0.05, 0.1) is 0 Å². The minimum Gasteiger partial charge on any atom is -0.264 e. The van der Waals surface area contributed by atoms with Gasteiger partial charge < -0.3 is 0 Å². The molecular formula is C38H24N4. The smallest absolute Gasteiger partial charge is 0.165 e. The lowest BCUT2D eigenvalue weighted by atomic mass is 9.93. The van der Waals surface area contributed by atoms with E-state index in [1.165, 1.54) is 16.2 Å². The molecule has 6 aromatic carbocycles. The molecule has 0 saturated heterocycles. The Morgan fingerprint density at radius 3 is 1.88 bits per heavy atom. The van der Waals surface area contributed by atoms with Crippen LogP contribution in [0.2, 0.25) is 0 Å². The third kappa shape index (κ3) is 4.09. The summed E-state index contributed by atoms with van der Waals surface area (Å²) >= 11 is 0. The molecule has 0 saturated carbocycles. The van der Waals surface area contributed by atoms with Crippen LogP contribution in [0, 0.1) is 0 Å². The number of fused-ring (bicyclic) bond motifs is 4. The Kier molecular flexibility index (Phi) is 5.75. The van der Waals surface area contributed by atoms with Crippen LogP contribution < -0.4 is 0 Å². The molecule has 0 bridgehead atoms. The van der Waals surface area contributed by atoms with Crippen LogP contribution in [0.1, 0.15) is 0 Å². The van der Waals surface area contributed by atoms with Crippen LogP contribution in [0.25, 0.3) is 77.6 Å². The van der Waals surface area contributed by atoms with Gasteiger partial charge in [-0.05, 0) is 50.0 Å². The van der Waals surface area contributed by atoms with Crippen LogP contribution in [0.5, 0.6) is 0 Å². The van der Waals surface area contributed by atoms with Crippen LogP contribution in [0.15, 0.2) is 146 Å². The largest absolute Gasteiger partial charge is 0.264 e. The second-order valence-electron chi connectivity index (χ2n) is 10.3. The number of aromatic nitrogens is 4. The standard InChI is InChI=1S/C38H24N4/c1-2-12-26(13-3-1)36-40-37(33-19-9-8-17-30(33)28-15-10-22-39-24-28)42-38(41-36)35-31-18-7-5-14-27(31)23-34-29-16-6-4-11-25(29)20-21-32(34)35/h1-24H. The molecule has 0 N–H and O–H groups in total. The van der Waals surface area contributed by atoms with Crippen molar-refractivity contribution in [3.8, 4) is 45.3 Å². The van der Waals surface area contributed by atoms with Gasteiger partial charge in [0.25, 0.3) is 0 Å². The van der Waals surface area contributed by atoms with E-state index in [0.717, 1.165) is 44.0 Å². The van der Waals surface area contributed by atoms with Crippen molar-refractivity contribution in [2.24, 2.45) is 0 Å². The number of hydrogen-bond acceptors (Lipinski definition) is 4. The molecule has 2 aromatic heterocycles. The molecule has 8 aromatic rings. The molecule has 0 fully saturated rings. The lowest BCUT2D eigenvalue weighted by Gasteiger charge is -2.15. The van der Waals surface area contributed by atoms with Crippen molar-refractivity contribution in [3.63, 3.8) is 0 Å². The zero-order valence-corrected chi connectivity index (χ0v) is 22.6. The van der Waals surface area contributed by atoms with Crippen LogP contribution >= 0.6 is 0 Å². The van der Waals surface area contributed by atoms with E-state index in [4.69, 9.17) is 15.0 Å². The summed E-state index contributed by atoms with van der Waals surface area (Å²) in [5.74, 6) is 1.91. The number of rotatable bonds is 4. The lowest BCUT2D eigenvalue weighted by Crippen LogP contribution is -2.02. The van der Waals surface area contributed by atoms with Crippen LogP contribution in [0.3, 0.4) is 0 Å². The Hall–Kier alpha value is -5.74. The van der Waals surface area contributed by atoms with Crippen molar-refractivity contribution < 1.29 is 0 Å². The van der Waals surface area contributed by atoms with Gasteiger partial charge in [-0.1, -0.05) is 121 Å². The summed E-state index contributed by atoms with van der Waals surface area (Å²) in [6.45, 7) is 0. The second-order valence-corrected chi connectivity index (χ2v) is 10.3. The van der Waals surface area contributed by atoms with Gasteiger partial charge in [0, 0.05) is 34.6 Å². The van der Waals surface area contributed by atoms with Crippen molar-refractivity contribution in [1.82, 2.24) is 19.9 Å². The van der Waals surface area contributed by atoms with Gasteiger partial charge in [-0.25, -0.2) is 15.0 Å². The van der Waals surface area contributed by atoms with Crippen molar-refractivity contribution in [2.75, 3.05) is 0 Å². The maximum absolute atomic E-state index is 5.22. The maximum atomic E-state index is 5.22. The molecule has 0 aliphatic rings. The van der Waals surface area contributed by atoms with Gasteiger partial charge in [-0.15, -0.1) is 0 Å². The molecule has 0 atom stereocenters. The highest BCUT2D eigenvalue weighted by molar-refractivity contribution is 6.19. The summed E-state index contributed by atoms with van der Waals surface area (Å²) in [4.78, 5) is 19.8. The molecule has 4 nitrogen and oxygen atoms in total. The molecule has 0 amide bonds. The van der Waals surface area contributed by atoms with E-state index in [1.807, 2.05) is 54.7 Å². The van der Waals surface area contributed by atoms with Crippen LogP contribution in [-0.4, -0.2) is 19.9 Å². The number of pyridine rings is 1. The van der Waals surface area contributed by atoms with Crippen molar-refractivity contribution in [2.45, 2.75) is 0 Å². The van der Waals surface area contributed by atoms with E-state index in [2.05, 4.69) is 89.9 Å². The maximum Gasteiger partial charge on any atom is 0.165 e. The first-order valence-electron chi connectivity index (χ1n) is 14.0. The predicted octanol–water partition coefficient (Wildman–Crippen LogP) is 9.39. The molecule has 8 rings (SSSR count). The summed E-state index contributed by atoms with van der Waals surface area (Å²) < 4.78 is 0. The lowest BCUT2D eigenvalue weighted by molar-refractivity contribution is 1.08. The molecule has 0 unspecified atom stereocenters. The third-order valence-corrected chi connectivity index (χ3v) is 7.80. The van der Waals surface area contributed by atoms with E-state index in [0.29, 0.717) is 17.5 Å². The molecule has 2 heterocycles. The van der Waals surface area contributed by atoms with Gasteiger partial charge in [-0.2, -0.15) is 0 Å². The minimum absolute atomic E-state index is 0.625. The zero-order chi connectivity index (χ0) is 27.9. The van der Waals surface area contributed by atoms with E-state index in [-0.39, 0.29) is 0 Å². The van der Waals surface area contributed by atoms with Crippen molar-refractivity contribution in [1.29, 1.82) is 0 Å². The SMILES string of the molecule is c1ccc(-c2nc(-c3ccccc3-c3cccnc3)nc(-c3c4ccccc4cc4c3ccc3ccccc34)n2)cc1. The van der Waals surface area contributed by atoms with Crippen LogP contribution in [-0.2, 0) is 0 Å². The van der Waals surface area contributed by atoms with Gasteiger partial charge in [0.15, 0.2) is 17.5 Å². The Morgan fingerprint density at radius 1 is 0.381 bits per heavy atom. The second kappa shape index (κ2) is 10.0. The Labute approximate surface area is 243 Å². The molecule has 4 heteroatoms. The van der Waals surface area contributed by atoms with E-state index in [9.17, 15) is 0 Å². The average Bonchev–Trinajstić information content (AvgIpc) is 3.07. The first-order valence-corrected chi connectivity index (χ1v) is 14.0. The average molecular weight is 537 g/mol. The Balaban J connectivity index is 1.48. The van der Waals surface area contributed by atoms with Gasteiger partial charge in [-0.3, -0.25) is 4.98 Å². The molecule has 42 heavy (non-hydrogen) atoms. The summed E-state index contributed by atoms with van der Waals surface area (Å²) in [5.41, 5.74) is 4.92. The third-order valence-electron chi connectivity index (χ3n) is 7.80. The van der Waals surface area contributed by atoms with Crippen LogP contribution in [0.4, 0.5) is 0 Å². The summed E-state index contributed by atoms with van der Waals surface area (Å²) in [5, 5.41) is 6.97. The summed E-state index contributed by atoms with van der Waals surface area (Å²) in [6, 6.07) is 46.1. The Bertz CT molecular complexity index is 2240. The normalized spacial score (nSPS) is 11.3. The molecule has 0 radical (unpaired) electrons. The molecule has 0 spiro atoms. The fraction of sp³-hybridized carbons (Fsp3) is 0. The number of nitrogens with zero attached hydrogens (tertiary/aromatic N) is 4. The fourth-order valence-electron chi connectivity index (χ4n) is 5.84. The van der Waals surface area contributed by atoms with Crippen molar-refractivity contribution in [3.05, 3.63) is 146 Å². The number of hydrogen-bond donors (Lipinski definition) is 0. The molecule has 196 valence electrons. The van der Waals surface area contributed by atoms with E-state index < -0.39 is 0 Å². The summed E-state index contributed by atoms with van der Waals surface area (Å²) in [6.07, 6.45) is 3.67. The topological polar surface area (TPSA) is 51.6 Å². The molecule has 0 aliphatic carbocycles. The highest BCUT2D eigenvalue weighted by Crippen LogP contribution is 2.39. The van der Waals surface area contributed by atoms with Crippen molar-refractivity contribution >= 4 is 32.3 Å². The van der Waals surface area contributed by atoms with Gasteiger partial charge >= 0.3 is 0 Å². The predicted molar refractivity (Wildman–Crippen MR) is 172 cm³/mol. The Morgan fingerprint density at radius 2 is 1.05 bits per heavy atom.